The fourth-order valence-corrected chi connectivity index (χ4v) is 4.19. The first kappa shape index (κ1) is 23.3. The van der Waals surface area contributed by atoms with Gasteiger partial charge in [-0.25, -0.2) is 0 Å². The molecular weight excluding hydrogens is 392 g/mol. The molecule has 0 N–H and O–H groups in total. The Morgan fingerprint density at radius 2 is 1.68 bits per heavy atom. The van der Waals surface area contributed by atoms with E-state index in [9.17, 15) is 4.79 Å². The summed E-state index contributed by atoms with van der Waals surface area (Å²) in [5.41, 5.74) is 2.15. The predicted molar refractivity (Wildman–Crippen MR) is 120 cm³/mol. The van der Waals surface area contributed by atoms with E-state index in [2.05, 4.69) is 6.07 Å². The summed E-state index contributed by atoms with van der Waals surface area (Å²) in [6.45, 7) is 0.715. The number of para-hydroxylation sites is 1. The lowest BCUT2D eigenvalue weighted by atomic mass is 9.85. The SMILES string of the molecule is COCOc1ccccc1C(CC1CCCC(=O)CCC1)OCc1ccc(OC)cc1. The van der Waals surface area contributed by atoms with Crippen molar-refractivity contribution in [3.63, 3.8) is 0 Å². The van der Waals surface area contributed by atoms with Crippen molar-refractivity contribution in [1.82, 2.24) is 0 Å². The molecule has 0 radical (unpaired) electrons. The average molecular weight is 427 g/mol. The predicted octanol–water partition coefficient (Wildman–Crippen LogP) is 5.87. The summed E-state index contributed by atoms with van der Waals surface area (Å²) in [5.74, 6) is 2.57. The van der Waals surface area contributed by atoms with Crippen LogP contribution in [0.3, 0.4) is 0 Å². The van der Waals surface area contributed by atoms with Gasteiger partial charge in [-0.3, -0.25) is 4.79 Å². The third kappa shape index (κ3) is 7.37. The molecule has 0 amide bonds. The molecule has 168 valence electrons. The molecule has 2 aromatic rings. The van der Waals surface area contributed by atoms with Gasteiger partial charge in [-0.15, -0.1) is 0 Å². The van der Waals surface area contributed by atoms with E-state index in [-0.39, 0.29) is 12.9 Å². The zero-order valence-electron chi connectivity index (χ0n) is 18.7. The maximum absolute atomic E-state index is 11.8. The van der Waals surface area contributed by atoms with E-state index < -0.39 is 0 Å². The second-order valence-electron chi connectivity index (χ2n) is 8.16. The van der Waals surface area contributed by atoms with Crippen LogP contribution in [0.4, 0.5) is 0 Å². The molecule has 1 saturated carbocycles. The largest absolute Gasteiger partial charge is 0.497 e. The van der Waals surface area contributed by atoms with Gasteiger partial charge < -0.3 is 18.9 Å². The van der Waals surface area contributed by atoms with Crippen LogP contribution in [0.25, 0.3) is 0 Å². The number of methoxy groups -OCH3 is 2. The van der Waals surface area contributed by atoms with Crippen LogP contribution in [0.15, 0.2) is 48.5 Å². The minimum absolute atomic E-state index is 0.0877. The number of hydrogen-bond acceptors (Lipinski definition) is 5. The molecule has 0 heterocycles. The minimum Gasteiger partial charge on any atom is -0.497 e. The van der Waals surface area contributed by atoms with Crippen LogP contribution >= 0.6 is 0 Å². The topological polar surface area (TPSA) is 54.0 Å². The van der Waals surface area contributed by atoms with Gasteiger partial charge >= 0.3 is 0 Å². The number of carbonyl (C=O) groups is 1. The lowest BCUT2D eigenvalue weighted by molar-refractivity contribution is -0.119. The zero-order valence-corrected chi connectivity index (χ0v) is 18.7. The van der Waals surface area contributed by atoms with Crippen molar-refractivity contribution in [2.45, 2.75) is 57.7 Å². The van der Waals surface area contributed by atoms with E-state index >= 15 is 0 Å². The van der Waals surface area contributed by atoms with Crippen molar-refractivity contribution in [2.75, 3.05) is 21.0 Å². The van der Waals surface area contributed by atoms with E-state index in [1.54, 1.807) is 14.2 Å². The van der Waals surface area contributed by atoms with Crippen molar-refractivity contribution in [1.29, 1.82) is 0 Å². The first-order chi connectivity index (χ1) is 15.2. The van der Waals surface area contributed by atoms with Gasteiger partial charge in [0, 0.05) is 25.5 Å². The highest BCUT2D eigenvalue weighted by atomic mass is 16.7. The fourth-order valence-electron chi connectivity index (χ4n) is 4.19. The normalized spacial score (nSPS) is 16.4. The maximum Gasteiger partial charge on any atom is 0.188 e. The Kier molecular flexibility index (Phi) is 9.38. The van der Waals surface area contributed by atoms with Crippen LogP contribution < -0.4 is 9.47 Å². The molecule has 0 aromatic heterocycles. The first-order valence-electron chi connectivity index (χ1n) is 11.2. The van der Waals surface area contributed by atoms with E-state index in [4.69, 9.17) is 18.9 Å². The molecule has 1 atom stereocenters. The molecule has 31 heavy (non-hydrogen) atoms. The second-order valence-corrected chi connectivity index (χ2v) is 8.16. The molecule has 0 spiro atoms. The molecule has 1 aliphatic carbocycles. The van der Waals surface area contributed by atoms with Crippen LogP contribution in [-0.2, 0) is 20.9 Å². The highest BCUT2D eigenvalue weighted by Crippen LogP contribution is 2.36. The van der Waals surface area contributed by atoms with Gasteiger partial charge in [-0.05, 0) is 61.8 Å². The summed E-state index contributed by atoms with van der Waals surface area (Å²) >= 11 is 0. The lowest BCUT2D eigenvalue weighted by Crippen LogP contribution is -2.15. The number of Topliss-reactive ketones (excluding diaryl/α,β-unsaturated/α-hetero) is 1. The zero-order chi connectivity index (χ0) is 21.9. The Labute approximate surface area is 185 Å². The summed E-state index contributed by atoms with van der Waals surface area (Å²) < 4.78 is 22.7. The minimum atomic E-state index is -0.0877. The molecule has 1 fully saturated rings. The Hall–Kier alpha value is -2.37. The number of ether oxygens (including phenoxy) is 4. The molecule has 5 heteroatoms. The summed E-state index contributed by atoms with van der Waals surface area (Å²) in [7, 11) is 3.29. The van der Waals surface area contributed by atoms with Crippen LogP contribution in [-0.4, -0.2) is 26.8 Å². The van der Waals surface area contributed by atoms with Gasteiger partial charge in [-0.1, -0.05) is 30.3 Å². The summed E-state index contributed by atoms with van der Waals surface area (Å²) in [6, 6.07) is 16.0. The van der Waals surface area contributed by atoms with Gasteiger partial charge in [0.1, 0.15) is 17.3 Å². The summed E-state index contributed by atoms with van der Waals surface area (Å²) in [6.07, 6.45) is 6.31. The van der Waals surface area contributed by atoms with E-state index in [0.717, 1.165) is 54.7 Å². The highest BCUT2D eigenvalue weighted by molar-refractivity contribution is 5.78. The van der Waals surface area contributed by atoms with Crippen molar-refractivity contribution < 1.29 is 23.7 Å². The standard InChI is InChI=1S/C26H34O5/c1-28-19-31-25-12-4-3-11-24(25)26(17-20-7-5-9-22(27)10-6-8-20)30-18-21-13-15-23(29-2)16-14-21/h3-4,11-16,20,26H,5-10,17-19H2,1-2H3. The monoisotopic (exact) mass is 426 g/mol. The third-order valence-electron chi connectivity index (χ3n) is 5.89. The molecule has 2 aromatic carbocycles. The molecule has 1 unspecified atom stereocenters. The van der Waals surface area contributed by atoms with Crippen LogP contribution in [0.5, 0.6) is 11.5 Å². The van der Waals surface area contributed by atoms with Gasteiger partial charge in [-0.2, -0.15) is 0 Å². The molecule has 1 aliphatic rings. The molecule has 0 bridgehead atoms. The van der Waals surface area contributed by atoms with E-state index in [0.29, 0.717) is 31.1 Å². The number of rotatable bonds is 10. The van der Waals surface area contributed by atoms with Crippen LogP contribution in [0.1, 0.15) is 62.2 Å². The first-order valence-corrected chi connectivity index (χ1v) is 11.2. The quantitative estimate of drug-likeness (QED) is 0.445. The molecule has 5 nitrogen and oxygen atoms in total. The number of hydrogen-bond donors (Lipinski definition) is 0. The Morgan fingerprint density at radius 1 is 0.968 bits per heavy atom. The Balaban J connectivity index is 1.75. The maximum atomic E-state index is 11.8. The van der Waals surface area contributed by atoms with Gasteiger partial charge in [0.15, 0.2) is 6.79 Å². The summed E-state index contributed by atoms with van der Waals surface area (Å²) in [5, 5.41) is 0. The molecular formula is C26H34O5. The Bertz CT molecular complexity index is 790. The number of benzene rings is 2. The molecule has 0 aliphatic heterocycles. The fraction of sp³-hybridized carbons (Fsp3) is 0.500. The van der Waals surface area contributed by atoms with Gasteiger partial charge in [0.2, 0.25) is 0 Å². The van der Waals surface area contributed by atoms with Crippen molar-refractivity contribution in [2.24, 2.45) is 5.92 Å². The average Bonchev–Trinajstić information content (AvgIpc) is 2.79. The van der Waals surface area contributed by atoms with Gasteiger partial charge in [0.05, 0.1) is 19.8 Å². The third-order valence-corrected chi connectivity index (χ3v) is 5.89. The lowest BCUT2D eigenvalue weighted by Gasteiger charge is -2.27. The highest BCUT2D eigenvalue weighted by Gasteiger charge is 2.23. The van der Waals surface area contributed by atoms with Crippen LogP contribution in [0.2, 0.25) is 0 Å². The Morgan fingerprint density at radius 3 is 2.35 bits per heavy atom. The van der Waals surface area contributed by atoms with E-state index in [1.165, 1.54) is 0 Å². The van der Waals surface area contributed by atoms with Gasteiger partial charge in [0.25, 0.3) is 0 Å². The number of carbonyl (C=O) groups excluding carboxylic acids is 1. The molecule has 0 saturated heterocycles. The molecule has 3 rings (SSSR count). The van der Waals surface area contributed by atoms with E-state index in [1.807, 2.05) is 42.5 Å². The second kappa shape index (κ2) is 12.5. The van der Waals surface area contributed by atoms with Crippen molar-refractivity contribution in [3.8, 4) is 11.5 Å². The smallest absolute Gasteiger partial charge is 0.188 e. The van der Waals surface area contributed by atoms with Crippen molar-refractivity contribution in [3.05, 3.63) is 59.7 Å². The van der Waals surface area contributed by atoms with Crippen LogP contribution in [0, 0.1) is 5.92 Å². The number of ketones is 1. The van der Waals surface area contributed by atoms with Crippen molar-refractivity contribution >= 4 is 5.78 Å². The summed E-state index contributed by atoms with van der Waals surface area (Å²) in [4.78, 5) is 11.8.